The minimum Gasteiger partial charge on any atom is -0.377 e. The molecule has 0 saturated heterocycles. The van der Waals surface area contributed by atoms with E-state index in [0.29, 0.717) is 6.54 Å². The Hall–Kier alpha value is -1.69. The van der Waals surface area contributed by atoms with Gasteiger partial charge in [-0.25, -0.2) is 0 Å². The Morgan fingerprint density at radius 1 is 1.33 bits per heavy atom. The van der Waals surface area contributed by atoms with Gasteiger partial charge >= 0.3 is 0 Å². The van der Waals surface area contributed by atoms with E-state index in [-0.39, 0.29) is 16.8 Å². The number of benzene rings is 1. The molecule has 0 spiro atoms. The van der Waals surface area contributed by atoms with Gasteiger partial charge in [0.05, 0.1) is 5.75 Å². The summed E-state index contributed by atoms with van der Waals surface area (Å²) >= 11 is 1.13. The van der Waals surface area contributed by atoms with E-state index in [1.165, 1.54) is 5.56 Å². The summed E-state index contributed by atoms with van der Waals surface area (Å²) in [6.45, 7) is 0.661. The maximum atomic E-state index is 11.4. The summed E-state index contributed by atoms with van der Waals surface area (Å²) in [5, 5.41) is 6.31. The number of nitrogens with two attached hydrogens (primary N) is 2. The predicted octanol–water partition coefficient (Wildman–Crippen LogP) is 0.657. The number of amides is 1. The van der Waals surface area contributed by atoms with E-state index in [0.717, 1.165) is 24.6 Å². The van der Waals surface area contributed by atoms with Crippen molar-refractivity contribution in [1.29, 1.82) is 0 Å². The highest BCUT2D eigenvalue weighted by atomic mass is 32.2. The molecule has 0 aliphatic rings. The highest BCUT2D eigenvalue weighted by molar-refractivity contribution is 8.14. The van der Waals surface area contributed by atoms with Crippen molar-refractivity contribution in [3.05, 3.63) is 35.9 Å². The molecule has 0 saturated carbocycles. The zero-order valence-corrected chi connectivity index (χ0v) is 11.0. The second-order valence-electron chi connectivity index (χ2n) is 3.70. The lowest BCUT2D eigenvalue weighted by Crippen LogP contribution is -2.27. The Labute approximate surface area is 111 Å². The number of carbonyl (C=O) groups is 1. The summed E-state index contributed by atoms with van der Waals surface area (Å²) in [4.78, 5) is 11.4. The molecule has 1 aromatic rings. The first-order valence-electron chi connectivity index (χ1n) is 5.69. The number of nitrogens with one attached hydrogen (secondary N) is 1. The number of hydrogen-bond donors (Lipinski definition) is 3. The monoisotopic (exact) mass is 266 g/mol. The van der Waals surface area contributed by atoms with Gasteiger partial charge in [0.25, 0.3) is 0 Å². The van der Waals surface area contributed by atoms with Gasteiger partial charge in [0.15, 0.2) is 5.17 Å². The van der Waals surface area contributed by atoms with Crippen LogP contribution in [0.1, 0.15) is 12.0 Å². The number of carbonyl (C=O) groups excluding carboxylic acids is 1. The number of hydrazone groups is 1. The lowest BCUT2D eigenvalue weighted by atomic mass is 10.1. The maximum absolute atomic E-state index is 11.4. The molecule has 5 nitrogen and oxygen atoms in total. The molecule has 0 heterocycles. The zero-order chi connectivity index (χ0) is 13.2. The fourth-order valence-electron chi connectivity index (χ4n) is 1.39. The van der Waals surface area contributed by atoms with E-state index in [1.807, 2.05) is 18.2 Å². The molecule has 18 heavy (non-hydrogen) atoms. The van der Waals surface area contributed by atoms with Crippen LogP contribution in [0.2, 0.25) is 0 Å². The van der Waals surface area contributed by atoms with Crippen molar-refractivity contribution in [1.82, 2.24) is 5.32 Å². The van der Waals surface area contributed by atoms with E-state index in [2.05, 4.69) is 22.6 Å². The maximum Gasteiger partial charge on any atom is 0.230 e. The zero-order valence-electron chi connectivity index (χ0n) is 10.1. The van der Waals surface area contributed by atoms with Gasteiger partial charge in [0, 0.05) is 6.54 Å². The van der Waals surface area contributed by atoms with Gasteiger partial charge in [0.2, 0.25) is 5.91 Å². The molecule has 0 bridgehead atoms. The van der Waals surface area contributed by atoms with Crippen molar-refractivity contribution >= 4 is 22.8 Å². The number of aryl methyl sites for hydroxylation is 1. The van der Waals surface area contributed by atoms with Crippen LogP contribution in [0.25, 0.3) is 0 Å². The van der Waals surface area contributed by atoms with Gasteiger partial charge in [-0.1, -0.05) is 42.1 Å². The third kappa shape index (κ3) is 6.15. The first kappa shape index (κ1) is 14.4. The van der Waals surface area contributed by atoms with Crippen molar-refractivity contribution < 1.29 is 4.79 Å². The van der Waals surface area contributed by atoms with Crippen molar-refractivity contribution in [2.75, 3.05) is 12.3 Å². The van der Waals surface area contributed by atoms with Crippen LogP contribution in [-0.4, -0.2) is 23.4 Å². The fourth-order valence-corrected chi connectivity index (χ4v) is 1.85. The summed E-state index contributed by atoms with van der Waals surface area (Å²) < 4.78 is 0. The van der Waals surface area contributed by atoms with Gasteiger partial charge in [-0.3, -0.25) is 4.79 Å². The second kappa shape index (κ2) is 8.41. The summed E-state index contributed by atoms with van der Waals surface area (Å²) in [5.41, 5.74) is 6.64. The Bertz CT molecular complexity index is 394. The van der Waals surface area contributed by atoms with Crippen molar-refractivity contribution in [3.63, 3.8) is 0 Å². The van der Waals surface area contributed by atoms with E-state index < -0.39 is 0 Å². The lowest BCUT2D eigenvalue weighted by Gasteiger charge is -2.04. The van der Waals surface area contributed by atoms with Crippen LogP contribution in [0.5, 0.6) is 0 Å². The van der Waals surface area contributed by atoms with Crippen molar-refractivity contribution in [2.45, 2.75) is 12.8 Å². The summed E-state index contributed by atoms with van der Waals surface area (Å²) in [6.07, 6.45) is 1.88. The Morgan fingerprint density at radius 3 is 2.72 bits per heavy atom. The van der Waals surface area contributed by atoms with Crippen LogP contribution in [0.4, 0.5) is 0 Å². The van der Waals surface area contributed by atoms with Gasteiger partial charge in [0.1, 0.15) is 0 Å². The Balaban J connectivity index is 2.09. The van der Waals surface area contributed by atoms with Crippen LogP contribution in [0.15, 0.2) is 35.4 Å². The van der Waals surface area contributed by atoms with Gasteiger partial charge in [-0.15, -0.1) is 0 Å². The molecule has 6 heteroatoms. The number of rotatable bonds is 6. The topological polar surface area (TPSA) is 93.5 Å². The molecule has 0 unspecified atom stereocenters. The van der Waals surface area contributed by atoms with Crippen LogP contribution >= 0.6 is 11.8 Å². The van der Waals surface area contributed by atoms with Crippen LogP contribution in [0.3, 0.4) is 0 Å². The van der Waals surface area contributed by atoms with Crippen molar-refractivity contribution in [3.8, 4) is 0 Å². The second-order valence-corrected chi connectivity index (χ2v) is 4.69. The van der Waals surface area contributed by atoms with Gasteiger partial charge in [-0.2, -0.15) is 5.10 Å². The van der Waals surface area contributed by atoms with E-state index in [9.17, 15) is 4.79 Å². The van der Waals surface area contributed by atoms with Crippen LogP contribution < -0.4 is 16.9 Å². The number of hydrogen-bond acceptors (Lipinski definition) is 4. The molecule has 98 valence electrons. The third-order valence-electron chi connectivity index (χ3n) is 2.29. The van der Waals surface area contributed by atoms with E-state index >= 15 is 0 Å². The third-order valence-corrected chi connectivity index (χ3v) is 3.09. The fraction of sp³-hybridized carbons (Fsp3) is 0.333. The molecule has 0 aliphatic heterocycles. The van der Waals surface area contributed by atoms with E-state index in [1.54, 1.807) is 0 Å². The molecule has 0 fully saturated rings. The minimum absolute atomic E-state index is 0.0559. The summed E-state index contributed by atoms with van der Waals surface area (Å²) in [7, 11) is 0. The quantitative estimate of drug-likeness (QED) is 0.232. The normalized spacial score (nSPS) is 11.2. The lowest BCUT2D eigenvalue weighted by molar-refractivity contribution is -0.118. The summed E-state index contributed by atoms with van der Waals surface area (Å²) in [5.74, 6) is 5.15. The minimum atomic E-state index is -0.0559. The van der Waals surface area contributed by atoms with Gasteiger partial charge in [-0.05, 0) is 18.4 Å². The molecule has 5 N–H and O–H groups in total. The molecule has 0 radical (unpaired) electrons. The molecule has 1 aromatic carbocycles. The first-order chi connectivity index (χ1) is 8.72. The van der Waals surface area contributed by atoms with Crippen LogP contribution in [0, 0.1) is 0 Å². The molecule has 0 aliphatic carbocycles. The molecule has 0 aromatic heterocycles. The number of thioether (sulfide) groups is 1. The standard InChI is InChI=1S/C12H18N4OS/c13-12(16-14)18-9-11(17)15-8-4-7-10-5-2-1-3-6-10/h1-3,5-6H,4,7-9,14H2,(H2,13,16)(H,15,17). The largest absolute Gasteiger partial charge is 0.377 e. The SMILES string of the molecule is NN=C(N)SCC(=O)NCCCc1ccccc1. The molecular formula is C12H18N4OS. The first-order valence-corrected chi connectivity index (χ1v) is 6.67. The highest BCUT2D eigenvalue weighted by Gasteiger charge is 2.02. The summed E-state index contributed by atoms with van der Waals surface area (Å²) in [6, 6.07) is 10.2. The van der Waals surface area contributed by atoms with Gasteiger partial charge < -0.3 is 16.9 Å². The Kier molecular flexibility index (Phi) is 6.71. The molecule has 1 amide bonds. The smallest absolute Gasteiger partial charge is 0.230 e. The average molecular weight is 266 g/mol. The van der Waals surface area contributed by atoms with Crippen molar-refractivity contribution in [2.24, 2.45) is 16.7 Å². The molecule has 0 atom stereocenters. The average Bonchev–Trinajstić information content (AvgIpc) is 2.42. The number of amidine groups is 1. The predicted molar refractivity (Wildman–Crippen MR) is 76.0 cm³/mol. The Morgan fingerprint density at radius 2 is 2.06 bits per heavy atom. The molecular weight excluding hydrogens is 248 g/mol. The number of nitrogens with zero attached hydrogens (tertiary/aromatic N) is 1. The molecule has 1 rings (SSSR count). The van der Waals surface area contributed by atoms with Crippen LogP contribution in [-0.2, 0) is 11.2 Å². The van der Waals surface area contributed by atoms with E-state index in [4.69, 9.17) is 11.6 Å². The highest BCUT2D eigenvalue weighted by Crippen LogP contribution is 2.02.